The Hall–Kier alpha value is -2.18. The van der Waals surface area contributed by atoms with Crippen molar-refractivity contribution >= 4 is 5.91 Å². The van der Waals surface area contributed by atoms with Crippen LogP contribution in [0.5, 0.6) is 0 Å². The van der Waals surface area contributed by atoms with Gasteiger partial charge < -0.3 is 14.1 Å². The van der Waals surface area contributed by atoms with Crippen LogP contribution in [0.4, 0.5) is 0 Å². The molecule has 0 aliphatic carbocycles. The first-order valence-electron chi connectivity index (χ1n) is 9.22. The topological polar surface area (TPSA) is 58.8 Å². The normalized spacial score (nSPS) is 25.5. The molecule has 0 radical (unpaired) electrons. The highest BCUT2D eigenvalue weighted by Crippen LogP contribution is 2.35. The Bertz CT molecular complexity index is 719. The van der Waals surface area contributed by atoms with Crippen LogP contribution in [-0.4, -0.2) is 60.1 Å². The van der Waals surface area contributed by atoms with Crippen molar-refractivity contribution in [1.82, 2.24) is 14.8 Å². The van der Waals surface area contributed by atoms with E-state index in [4.69, 9.17) is 9.15 Å². The van der Waals surface area contributed by atoms with Crippen LogP contribution in [0.1, 0.15) is 22.5 Å². The lowest BCUT2D eigenvalue weighted by molar-refractivity contribution is 0.0419. The van der Waals surface area contributed by atoms with Gasteiger partial charge in [-0.2, -0.15) is 0 Å². The number of likely N-dealkylation sites (tertiary alicyclic amines) is 1. The summed E-state index contributed by atoms with van der Waals surface area (Å²) in [5.74, 6) is 2.01. The van der Waals surface area contributed by atoms with Crippen molar-refractivity contribution in [3.05, 3.63) is 54.2 Å². The average molecular weight is 355 g/mol. The minimum atomic E-state index is 0.0976. The van der Waals surface area contributed by atoms with Gasteiger partial charge in [-0.3, -0.25) is 14.7 Å². The minimum Gasteiger partial charge on any atom is -0.468 e. The zero-order valence-electron chi connectivity index (χ0n) is 15.1. The van der Waals surface area contributed by atoms with Gasteiger partial charge in [-0.1, -0.05) is 0 Å². The third-order valence-electron chi connectivity index (χ3n) is 5.52. The highest BCUT2D eigenvalue weighted by Gasteiger charge is 2.42. The van der Waals surface area contributed by atoms with Crippen LogP contribution in [0, 0.1) is 11.8 Å². The monoisotopic (exact) mass is 355 g/mol. The number of amides is 1. The van der Waals surface area contributed by atoms with E-state index in [-0.39, 0.29) is 12.0 Å². The summed E-state index contributed by atoms with van der Waals surface area (Å²) in [5, 5.41) is 0. The molecule has 4 heterocycles. The van der Waals surface area contributed by atoms with Crippen LogP contribution in [0.15, 0.2) is 47.3 Å². The summed E-state index contributed by atoms with van der Waals surface area (Å²) >= 11 is 0. The summed E-state index contributed by atoms with van der Waals surface area (Å²) in [5.41, 5.74) is 0.712. The van der Waals surface area contributed by atoms with Crippen molar-refractivity contribution in [3.8, 4) is 0 Å². The zero-order valence-corrected chi connectivity index (χ0v) is 15.1. The lowest BCUT2D eigenvalue weighted by Crippen LogP contribution is -2.47. The smallest absolute Gasteiger partial charge is 0.253 e. The van der Waals surface area contributed by atoms with Crippen LogP contribution < -0.4 is 0 Å². The Morgan fingerprint density at radius 3 is 2.96 bits per heavy atom. The van der Waals surface area contributed by atoms with Crippen molar-refractivity contribution in [2.45, 2.75) is 19.1 Å². The molecule has 2 fully saturated rings. The van der Waals surface area contributed by atoms with Crippen molar-refractivity contribution in [1.29, 1.82) is 0 Å². The predicted molar refractivity (Wildman–Crippen MR) is 96.5 cm³/mol. The molecule has 0 spiro atoms. The lowest BCUT2D eigenvalue weighted by Gasteiger charge is -2.36. The van der Waals surface area contributed by atoms with E-state index >= 15 is 0 Å². The van der Waals surface area contributed by atoms with Crippen LogP contribution in [0.25, 0.3) is 0 Å². The summed E-state index contributed by atoms with van der Waals surface area (Å²) in [4.78, 5) is 21.0. The first-order chi connectivity index (χ1) is 12.7. The number of aromatic nitrogens is 1. The maximum absolute atomic E-state index is 12.8. The van der Waals surface area contributed by atoms with Crippen molar-refractivity contribution in [2.75, 3.05) is 33.3 Å². The minimum absolute atomic E-state index is 0.0976. The van der Waals surface area contributed by atoms with E-state index < -0.39 is 0 Å². The maximum atomic E-state index is 12.8. The third kappa shape index (κ3) is 3.66. The van der Waals surface area contributed by atoms with Gasteiger partial charge in [0.1, 0.15) is 5.76 Å². The molecule has 1 amide bonds. The molecule has 2 aliphatic rings. The Morgan fingerprint density at radius 1 is 1.35 bits per heavy atom. The Balaban J connectivity index is 1.38. The predicted octanol–water partition coefficient (Wildman–Crippen LogP) is 2.28. The molecule has 26 heavy (non-hydrogen) atoms. The van der Waals surface area contributed by atoms with E-state index in [1.807, 2.05) is 17.0 Å². The summed E-state index contributed by atoms with van der Waals surface area (Å²) in [6.07, 6.45) is 6.22. The van der Waals surface area contributed by atoms with Crippen LogP contribution in [-0.2, 0) is 11.3 Å². The van der Waals surface area contributed by atoms with Crippen LogP contribution >= 0.6 is 0 Å². The number of hydrogen-bond donors (Lipinski definition) is 0. The second-order valence-electron chi connectivity index (χ2n) is 7.35. The fraction of sp³-hybridized carbons (Fsp3) is 0.500. The van der Waals surface area contributed by atoms with Crippen molar-refractivity contribution in [3.63, 3.8) is 0 Å². The Morgan fingerprint density at radius 2 is 2.19 bits per heavy atom. The number of likely N-dealkylation sites (N-methyl/N-ethyl adjacent to an activating group) is 1. The van der Waals surface area contributed by atoms with E-state index in [1.165, 1.54) is 0 Å². The number of piperidine rings is 1. The molecule has 0 unspecified atom stereocenters. The molecule has 2 aromatic rings. The summed E-state index contributed by atoms with van der Waals surface area (Å²) in [6.45, 7) is 4.00. The molecule has 138 valence electrons. The molecule has 0 aromatic carbocycles. The summed E-state index contributed by atoms with van der Waals surface area (Å²) < 4.78 is 11.5. The molecule has 2 aromatic heterocycles. The number of carbonyl (C=O) groups excluding carboxylic acids is 1. The first kappa shape index (κ1) is 17.2. The van der Waals surface area contributed by atoms with E-state index in [1.54, 1.807) is 30.8 Å². The standard InChI is InChI=1S/C20H25N3O3/c1-22(11-17-3-2-10-25-17)13-19-18-12-23(9-6-16(18)14-26-19)20(24)15-4-7-21-8-5-15/h2-5,7-8,10,16,18-19H,6,9,11-14H2,1H3/t16-,18-,19+/m1/s1. The average Bonchev–Trinajstić information content (AvgIpc) is 3.31. The number of rotatable bonds is 5. The van der Waals surface area contributed by atoms with E-state index in [0.29, 0.717) is 17.4 Å². The zero-order chi connectivity index (χ0) is 17.9. The van der Waals surface area contributed by atoms with Gasteiger partial charge in [0, 0.05) is 43.5 Å². The molecular formula is C20H25N3O3. The van der Waals surface area contributed by atoms with Gasteiger partial charge in [0.05, 0.1) is 25.5 Å². The fourth-order valence-electron chi connectivity index (χ4n) is 4.12. The molecule has 0 N–H and O–H groups in total. The quantitative estimate of drug-likeness (QED) is 0.824. The van der Waals surface area contributed by atoms with Gasteiger partial charge in [0.2, 0.25) is 0 Å². The highest BCUT2D eigenvalue weighted by molar-refractivity contribution is 5.94. The molecular weight excluding hydrogens is 330 g/mol. The summed E-state index contributed by atoms with van der Waals surface area (Å²) in [6, 6.07) is 7.47. The lowest BCUT2D eigenvalue weighted by atomic mass is 9.84. The molecule has 3 atom stereocenters. The van der Waals surface area contributed by atoms with E-state index in [9.17, 15) is 4.79 Å². The first-order valence-corrected chi connectivity index (χ1v) is 9.22. The van der Waals surface area contributed by atoms with Gasteiger partial charge in [-0.15, -0.1) is 0 Å². The maximum Gasteiger partial charge on any atom is 0.253 e. The van der Waals surface area contributed by atoms with Gasteiger partial charge >= 0.3 is 0 Å². The molecule has 6 heteroatoms. The highest BCUT2D eigenvalue weighted by atomic mass is 16.5. The fourth-order valence-corrected chi connectivity index (χ4v) is 4.12. The largest absolute Gasteiger partial charge is 0.468 e. The molecule has 2 saturated heterocycles. The van der Waals surface area contributed by atoms with E-state index in [0.717, 1.165) is 45.0 Å². The number of pyridine rings is 1. The second-order valence-corrected chi connectivity index (χ2v) is 7.35. The molecule has 0 bridgehead atoms. The van der Waals surface area contributed by atoms with Gasteiger partial charge in [0.15, 0.2) is 0 Å². The molecule has 6 nitrogen and oxygen atoms in total. The number of hydrogen-bond acceptors (Lipinski definition) is 5. The SMILES string of the molecule is CN(Cc1ccco1)C[C@@H]1OC[C@H]2CCN(C(=O)c3ccncc3)C[C@H]21. The van der Waals surface area contributed by atoms with Gasteiger partial charge in [-0.05, 0) is 43.7 Å². The second kappa shape index (κ2) is 7.60. The third-order valence-corrected chi connectivity index (χ3v) is 5.52. The van der Waals surface area contributed by atoms with Gasteiger partial charge in [0.25, 0.3) is 5.91 Å². The Kier molecular flexibility index (Phi) is 5.04. The number of carbonyl (C=O) groups is 1. The molecule has 2 aliphatic heterocycles. The van der Waals surface area contributed by atoms with Crippen LogP contribution in [0.3, 0.4) is 0 Å². The van der Waals surface area contributed by atoms with Crippen LogP contribution in [0.2, 0.25) is 0 Å². The number of furan rings is 1. The summed E-state index contributed by atoms with van der Waals surface area (Å²) in [7, 11) is 2.09. The molecule has 4 rings (SSSR count). The van der Waals surface area contributed by atoms with Gasteiger partial charge in [-0.25, -0.2) is 0 Å². The van der Waals surface area contributed by atoms with E-state index in [2.05, 4.69) is 16.9 Å². The van der Waals surface area contributed by atoms with Crippen molar-refractivity contribution < 1.29 is 13.9 Å². The molecule has 0 saturated carbocycles. The van der Waals surface area contributed by atoms with Crippen molar-refractivity contribution in [2.24, 2.45) is 11.8 Å². The Labute approximate surface area is 153 Å². The number of fused-ring (bicyclic) bond motifs is 1. The number of nitrogens with zero attached hydrogens (tertiary/aromatic N) is 3. The number of ether oxygens (including phenoxy) is 1.